The van der Waals surface area contributed by atoms with Crippen molar-refractivity contribution in [3.8, 4) is 0 Å². The fourth-order valence-electron chi connectivity index (χ4n) is 2.39. The van der Waals surface area contributed by atoms with Gasteiger partial charge in [-0.25, -0.2) is 13.8 Å². The third-order valence-corrected chi connectivity index (χ3v) is 5.64. The van der Waals surface area contributed by atoms with E-state index >= 15 is 0 Å². The van der Waals surface area contributed by atoms with Crippen molar-refractivity contribution in [2.24, 2.45) is 0 Å². The van der Waals surface area contributed by atoms with Crippen LogP contribution in [0.2, 0.25) is 0 Å². The third-order valence-electron chi connectivity index (χ3n) is 3.92. The summed E-state index contributed by atoms with van der Waals surface area (Å²) in [5.74, 6) is 0. The van der Waals surface area contributed by atoms with Crippen molar-refractivity contribution >= 4 is 21.0 Å². The Bertz CT molecular complexity index is 1060. The standard InChI is InChI=1S/C18H18N2O4S/c1-13-7-9-15(10-8-13)25(22,23)20(2)19-11-14-12-24-17-6-4-3-5-16(17)18(14)21/h3-10,12,19H,11H2,1-2H3. The Morgan fingerprint density at radius 1 is 1.08 bits per heavy atom. The SMILES string of the molecule is Cc1ccc(S(=O)(=O)N(C)NCc2coc3ccccc3c2=O)cc1. The molecular formula is C18H18N2O4S. The van der Waals surface area contributed by atoms with E-state index in [4.69, 9.17) is 4.42 Å². The Labute approximate surface area is 145 Å². The van der Waals surface area contributed by atoms with Gasteiger partial charge >= 0.3 is 0 Å². The molecular weight excluding hydrogens is 340 g/mol. The van der Waals surface area contributed by atoms with E-state index in [-0.39, 0.29) is 16.9 Å². The summed E-state index contributed by atoms with van der Waals surface area (Å²) < 4.78 is 31.5. The second-order valence-corrected chi connectivity index (χ2v) is 7.68. The van der Waals surface area contributed by atoms with Crippen LogP contribution in [0.5, 0.6) is 0 Å². The van der Waals surface area contributed by atoms with Crippen LogP contribution in [0.4, 0.5) is 0 Å². The van der Waals surface area contributed by atoms with E-state index in [0.717, 1.165) is 9.98 Å². The summed E-state index contributed by atoms with van der Waals surface area (Å²) in [6.07, 6.45) is 1.35. The highest BCUT2D eigenvalue weighted by Gasteiger charge is 2.20. The van der Waals surface area contributed by atoms with E-state index in [1.54, 1.807) is 48.5 Å². The normalized spacial score (nSPS) is 12.0. The van der Waals surface area contributed by atoms with E-state index in [1.165, 1.54) is 13.3 Å². The number of rotatable bonds is 5. The van der Waals surface area contributed by atoms with E-state index in [0.29, 0.717) is 16.5 Å². The molecule has 0 saturated carbocycles. The van der Waals surface area contributed by atoms with Crippen LogP contribution in [-0.2, 0) is 16.6 Å². The van der Waals surface area contributed by atoms with Crippen LogP contribution in [-0.4, -0.2) is 19.9 Å². The number of hydrazine groups is 1. The molecule has 2 aromatic carbocycles. The molecule has 25 heavy (non-hydrogen) atoms. The van der Waals surface area contributed by atoms with Crippen molar-refractivity contribution in [1.82, 2.24) is 9.84 Å². The molecule has 0 aliphatic heterocycles. The monoisotopic (exact) mass is 358 g/mol. The zero-order chi connectivity index (χ0) is 18.0. The zero-order valence-electron chi connectivity index (χ0n) is 13.9. The largest absolute Gasteiger partial charge is 0.464 e. The van der Waals surface area contributed by atoms with Crippen molar-refractivity contribution in [3.05, 3.63) is 76.1 Å². The van der Waals surface area contributed by atoms with Crippen molar-refractivity contribution in [1.29, 1.82) is 0 Å². The molecule has 0 spiro atoms. The molecule has 1 N–H and O–H groups in total. The van der Waals surface area contributed by atoms with Crippen molar-refractivity contribution < 1.29 is 12.8 Å². The molecule has 0 aliphatic carbocycles. The van der Waals surface area contributed by atoms with Gasteiger partial charge in [-0.1, -0.05) is 29.8 Å². The van der Waals surface area contributed by atoms with E-state index in [9.17, 15) is 13.2 Å². The summed E-state index contributed by atoms with van der Waals surface area (Å²) >= 11 is 0. The molecule has 0 aliphatic rings. The molecule has 0 amide bonds. The van der Waals surface area contributed by atoms with Gasteiger partial charge in [0.2, 0.25) is 0 Å². The predicted molar refractivity (Wildman–Crippen MR) is 95.5 cm³/mol. The third kappa shape index (κ3) is 3.48. The van der Waals surface area contributed by atoms with Crippen LogP contribution in [0.25, 0.3) is 11.0 Å². The molecule has 130 valence electrons. The molecule has 0 fully saturated rings. The van der Waals surface area contributed by atoms with Crippen LogP contribution >= 0.6 is 0 Å². The lowest BCUT2D eigenvalue weighted by Gasteiger charge is -2.18. The number of nitrogens with zero attached hydrogens (tertiary/aromatic N) is 1. The van der Waals surface area contributed by atoms with Crippen molar-refractivity contribution in [3.63, 3.8) is 0 Å². The zero-order valence-corrected chi connectivity index (χ0v) is 14.7. The molecule has 0 saturated heterocycles. The van der Waals surface area contributed by atoms with Crippen LogP contribution in [0, 0.1) is 6.92 Å². The number of para-hydroxylation sites is 1. The number of hydrogen-bond donors (Lipinski definition) is 1. The molecule has 1 heterocycles. The average Bonchev–Trinajstić information content (AvgIpc) is 2.61. The van der Waals surface area contributed by atoms with Gasteiger partial charge in [0, 0.05) is 13.6 Å². The highest BCUT2D eigenvalue weighted by Crippen LogP contribution is 2.14. The van der Waals surface area contributed by atoms with Gasteiger partial charge in [0.1, 0.15) is 5.58 Å². The molecule has 0 bridgehead atoms. The average molecular weight is 358 g/mol. The van der Waals surface area contributed by atoms with E-state index < -0.39 is 10.0 Å². The molecule has 0 radical (unpaired) electrons. The van der Waals surface area contributed by atoms with Gasteiger partial charge in [-0.15, -0.1) is 4.41 Å². The Morgan fingerprint density at radius 2 is 1.76 bits per heavy atom. The second kappa shape index (κ2) is 6.79. The Balaban J connectivity index is 1.80. The van der Waals surface area contributed by atoms with Gasteiger partial charge in [-0.3, -0.25) is 4.79 Å². The molecule has 6 nitrogen and oxygen atoms in total. The maximum absolute atomic E-state index is 12.5. The first kappa shape index (κ1) is 17.3. The lowest BCUT2D eigenvalue weighted by atomic mass is 10.2. The lowest BCUT2D eigenvalue weighted by Crippen LogP contribution is -2.39. The number of hydrogen-bond acceptors (Lipinski definition) is 5. The molecule has 7 heteroatoms. The van der Waals surface area contributed by atoms with Crippen molar-refractivity contribution in [2.45, 2.75) is 18.4 Å². The first-order valence-corrected chi connectivity index (χ1v) is 9.12. The Hall–Kier alpha value is -2.48. The maximum Gasteiger partial charge on any atom is 0.255 e. The maximum atomic E-state index is 12.5. The van der Waals surface area contributed by atoms with Gasteiger partial charge in [0.05, 0.1) is 22.1 Å². The molecule has 1 aromatic heterocycles. The summed E-state index contributed by atoms with van der Waals surface area (Å²) in [6, 6.07) is 13.5. The smallest absolute Gasteiger partial charge is 0.255 e. The second-order valence-electron chi connectivity index (χ2n) is 5.71. The van der Waals surface area contributed by atoms with Gasteiger partial charge in [0.25, 0.3) is 10.0 Å². The molecule has 3 aromatic rings. The summed E-state index contributed by atoms with van der Waals surface area (Å²) in [5, 5.41) is 0.464. The predicted octanol–water partition coefficient (Wildman–Crippen LogP) is 2.43. The first-order valence-electron chi connectivity index (χ1n) is 7.68. The fraction of sp³-hybridized carbons (Fsp3) is 0.167. The van der Waals surface area contributed by atoms with Gasteiger partial charge in [0.15, 0.2) is 5.43 Å². The van der Waals surface area contributed by atoms with Crippen LogP contribution in [0.1, 0.15) is 11.1 Å². The number of aryl methyl sites for hydroxylation is 1. The van der Waals surface area contributed by atoms with Gasteiger partial charge in [-0.05, 0) is 31.2 Å². The summed E-state index contributed by atoms with van der Waals surface area (Å²) in [4.78, 5) is 12.6. The minimum Gasteiger partial charge on any atom is -0.464 e. The van der Waals surface area contributed by atoms with Gasteiger partial charge in [-0.2, -0.15) is 0 Å². The number of benzene rings is 2. The van der Waals surface area contributed by atoms with Crippen LogP contribution in [0.3, 0.4) is 0 Å². The quantitative estimate of drug-likeness (QED) is 0.709. The first-order chi connectivity index (χ1) is 11.9. The minimum atomic E-state index is -3.69. The summed E-state index contributed by atoms with van der Waals surface area (Å²) in [6.45, 7) is 1.92. The number of fused-ring (bicyclic) bond motifs is 1. The summed E-state index contributed by atoms with van der Waals surface area (Å²) in [7, 11) is -2.29. The van der Waals surface area contributed by atoms with E-state index in [2.05, 4.69) is 5.43 Å². The topological polar surface area (TPSA) is 79.6 Å². The molecule has 0 atom stereocenters. The number of sulfonamides is 1. The highest BCUT2D eigenvalue weighted by atomic mass is 32.2. The Morgan fingerprint density at radius 3 is 2.48 bits per heavy atom. The lowest BCUT2D eigenvalue weighted by molar-refractivity contribution is 0.362. The van der Waals surface area contributed by atoms with Crippen molar-refractivity contribution in [2.75, 3.05) is 7.05 Å². The Kier molecular flexibility index (Phi) is 4.71. The fourth-order valence-corrected chi connectivity index (χ4v) is 3.42. The van der Waals surface area contributed by atoms with E-state index in [1.807, 2.05) is 6.92 Å². The molecule has 3 rings (SSSR count). The highest BCUT2D eigenvalue weighted by molar-refractivity contribution is 7.89. The molecule has 0 unspecified atom stereocenters. The van der Waals surface area contributed by atoms with Crippen LogP contribution < -0.4 is 10.9 Å². The summed E-state index contributed by atoms with van der Waals surface area (Å²) in [5.41, 5.74) is 4.38. The van der Waals surface area contributed by atoms with Gasteiger partial charge < -0.3 is 4.42 Å². The van der Waals surface area contributed by atoms with Crippen LogP contribution in [0.15, 0.2) is 68.9 Å². The minimum absolute atomic E-state index is 0.0365. The number of nitrogens with one attached hydrogen (secondary N) is 1.